The van der Waals surface area contributed by atoms with Crippen molar-refractivity contribution in [2.45, 2.75) is 17.0 Å². The first-order chi connectivity index (χ1) is 10.6. The maximum atomic E-state index is 12.8. The first kappa shape index (κ1) is 15.8. The number of aromatic nitrogens is 3. The van der Waals surface area contributed by atoms with Crippen LogP contribution in [-0.2, 0) is 26.9 Å². The summed E-state index contributed by atoms with van der Waals surface area (Å²) >= 11 is 0. The molecular formula is C14H15N3O4S2. The summed E-state index contributed by atoms with van der Waals surface area (Å²) in [6.45, 7) is 1.86. The Morgan fingerprint density at radius 2 is 1.61 bits per heavy atom. The Balaban J connectivity index is 2.27. The van der Waals surface area contributed by atoms with Gasteiger partial charge in [0.05, 0.1) is 10.4 Å². The van der Waals surface area contributed by atoms with Gasteiger partial charge in [0.2, 0.25) is 15.0 Å². The van der Waals surface area contributed by atoms with Crippen molar-refractivity contribution in [3.05, 3.63) is 42.1 Å². The van der Waals surface area contributed by atoms with Crippen molar-refractivity contribution in [1.82, 2.24) is 13.5 Å². The lowest BCUT2D eigenvalue weighted by Crippen LogP contribution is -2.12. The van der Waals surface area contributed by atoms with Gasteiger partial charge in [0, 0.05) is 19.5 Å². The molecule has 0 amide bonds. The summed E-state index contributed by atoms with van der Waals surface area (Å²) in [4.78, 5) is 4.13. The van der Waals surface area contributed by atoms with Gasteiger partial charge in [-0.2, -0.15) is 4.98 Å². The summed E-state index contributed by atoms with van der Waals surface area (Å²) < 4.78 is 51.4. The van der Waals surface area contributed by atoms with Crippen LogP contribution in [0.5, 0.6) is 0 Å². The number of sulfone groups is 1. The lowest BCUT2D eigenvalue weighted by molar-refractivity contribution is 0.583. The van der Waals surface area contributed by atoms with Crippen molar-refractivity contribution < 1.29 is 16.8 Å². The minimum absolute atomic E-state index is 0.0912. The number of imidazole rings is 1. The molecule has 0 atom stereocenters. The number of rotatable bonds is 3. The topological polar surface area (TPSA) is 91.0 Å². The first-order valence-corrected chi connectivity index (χ1v) is 10.0. The molecular weight excluding hydrogens is 338 g/mol. The number of hydrogen-bond acceptors (Lipinski definition) is 5. The van der Waals surface area contributed by atoms with Gasteiger partial charge in [-0.1, -0.05) is 17.7 Å². The van der Waals surface area contributed by atoms with E-state index < -0.39 is 19.9 Å². The number of benzene rings is 1. The second kappa shape index (κ2) is 4.93. The van der Waals surface area contributed by atoms with E-state index >= 15 is 0 Å². The van der Waals surface area contributed by atoms with Crippen LogP contribution in [0.4, 0.5) is 0 Å². The van der Waals surface area contributed by atoms with Gasteiger partial charge in [0.25, 0.3) is 10.0 Å². The minimum atomic E-state index is -3.84. The standard InChI is InChI=1S/C14H15N3O4S2/c1-10-4-6-11(7-5-10)23(20,21)17-9-8-12-13(17)15-14(16(12)2)22(3,18)19/h4-9H,1-3H3. The molecule has 0 aliphatic carbocycles. The SMILES string of the molecule is Cc1ccc(S(=O)(=O)n2ccc3c2nc(S(C)(=O)=O)n3C)cc1. The molecule has 0 radical (unpaired) electrons. The van der Waals surface area contributed by atoms with Crippen molar-refractivity contribution >= 4 is 31.0 Å². The fourth-order valence-corrected chi connectivity index (χ4v) is 4.52. The predicted octanol–water partition coefficient (Wildman–Crippen LogP) is 1.32. The molecule has 2 aromatic heterocycles. The second-order valence-electron chi connectivity index (χ2n) is 5.36. The highest BCUT2D eigenvalue weighted by molar-refractivity contribution is 7.90. The number of nitrogens with zero attached hydrogens (tertiary/aromatic N) is 3. The molecule has 0 saturated heterocycles. The molecule has 9 heteroatoms. The van der Waals surface area contributed by atoms with Gasteiger partial charge in [-0.3, -0.25) is 0 Å². The fraction of sp³-hybridized carbons (Fsp3) is 0.214. The molecule has 1 aromatic carbocycles. The largest absolute Gasteiger partial charge is 0.317 e. The molecule has 0 fully saturated rings. The Bertz CT molecular complexity index is 1100. The molecule has 0 saturated carbocycles. The molecule has 3 aromatic rings. The molecule has 0 aliphatic rings. The molecule has 0 N–H and O–H groups in total. The zero-order valence-electron chi connectivity index (χ0n) is 12.8. The monoisotopic (exact) mass is 353 g/mol. The van der Waals surface area contributed by atoms with Crippen LogP contribution in [0.2, 0.25) is 0 Å². The van der Waals surface area contributed by atoms with E-state index in [1.165, 1.54) is 36.0 Å². The highest BCUT2D eigenvalue weighted by atomic mass is 32.2. The van der Waals surface area contributed by atoms with E-state index in [1.807, 2.05) is 6.92 Å². The Hall–Kier alpha value is -2.13. The van der Waals surface area contributed by atoms with Crippen LogP contribution in [0.25, 0.3) is 11.2 Å². The van der Waals surface area contributed by atoms with E-state index in [9.17, 15) is 16.8 Å². The summed E-state index contributed by atoms with van der Waals surface area (Å²) in [6, 6.07) is 7.96. The van der Waals surface area contributed by atoms with Gasteiger partial charge < -0.3 is 4.57 Å². The van der Waals surface area contributed by atoms with Crippen LogP contribution in [0.1, 0.15) is 5.56 Å². The zero-order chi connectivity index (χ0) is 17.0. The molecule has 2 heterocycles. The van der Waals surface area contributed by atoms with Crippen molar-refractivity contribution in [3.63, 3.8) is 0 Å². The lowest BCUT2D eigenvalue weighted by Gasteiger charge is -2.06. The minimum Gasteiger partial charge on any atom is -0.317 e. The van der Waals surface area contributed by atoms with E-state index in [-0.39, 0.29) is 15.7 Å². The summed E-state index contributed by atoms with van der Waals surface area (Å²) in [5.74, 6) is 0. The average Bonchev–Trinajstić information content (AvgIpc) is 3.00. The van der Waals surface area contributed by atoms with Crippen molar-refractivity contribution in [2.24, 2.45) is 7.05 Å². The summed E-state index contributed by atoms with van der Waals surface area (Å²) in [6.07, 6.45) is 2.41. The first-order valence-electron chi connectivity index (χ1n) is 6.68. The predicted molar refractivity (Wildman–Crippen MR) is 85.6 cm³/mol. The summed E-state index contributed by atoms with van der Waals surface area (Å²) in [5.41, 5.74) is 1.47. The van der Waals surface area contributed by atoms with Crippen LogP contribution in [-0.4, -0.2) is 36.6 Å². The highest BCUT2D eigenvalue weighted by Crippen LogP contribution is 2.24. The normalized spacial score (nSPS) is 12.8. The maximum Gasteiger partial charge on any atom is 0.269 e. The molecule has 0 bridgehead atoms. The zero-order valence-corrected chi connectivity index (χ0v) is 14.4. The van der Waals surface area contributed by atoms with Crippen molar-refractivity contribution in [3.8, 4) is 0 Å². The highest BCUT2D eigenvalue weighted by Gasteiger charge is 2.25. The molecule has 0 unspecified atom stereocenters. The van der Waals surface area contributed by atoms with Crippen molar-refractivity contribution in [2.75, 3.05) is 6.26 Å². The Kier molecular flexibility index (Phi) is 3.38. The van der Waals surface area contributed by atoms with Crippen LogP contribution in [0.3, 0.4) is 0 Å². The average molecular weight is 353 g/mol. The third-order valence-corrected chi connectivity index (χ3v) is 6.27. The van der Waals surface area contributed by atoms with Gasteiger partial charge in [0.15, 0.2) is 5.65 Å². The van der Waals surface area contributed by atoms with E-state index in [2.05, 4.69) is 4.98 Å². The molecule has 0 spiro atoms. The third-order valence-electron chi connectivity index (χ3n) is 3.56. The quantitative estimate of drug-likeness (QED) is 0.708. The van der Waals surface area contributed by atoms with Gasteiger partial charge in [-0.15, -0.1) is 0 Å². The van der Waals surface area contributed by atoms with Gasteiger partial charge >= 0.3 is 0 Å². The van der Waals surface area contributed by atoms with E-state index in [1.54, 1.807) is 12.1 Å². The Morgan fingerprint density at radius 1 is 1.00 bits per heavy atom. The van der Waals surface area contributed by atoms with Crippen LogP contribution < -0.4 is 0 Å². The van der Waals surface area contributed by atoms with Gasteiger partial charge in [0.1, 0.15) is 0 Å². The number of fused-ring (bicyclic) bond motifs is 1. The van der Waals surface area contributed by atoms with Gasteiger partial charge in [-0.25, -0.2) is 20.8 Å². The van der Waals surface area contributed by atoms with Crippen molar-refractivity contribution in [1.29, 1.82) is 0 Å². The molecule has 7 nitrogen and oxygen atoms in total. The maximum absolute atomic E-state index is 12.8. The number of hydrogen-bond donors (Lipinski definition) is 0. The Labute approximate surface area is 134 Å². The number of aryl methyl sites for hydroxylation is 2. The summed E-state index contributed by atoms with van der Waals surface area (Å²) in [7, 11) is -5.86. The fourth-order valence-electron chi connectivity index (χ4n) is 2.38. The summed E-state index contributed by atoms with van der Waals surface area (Å²) in [5, 5.41) is -0.170. The molecule has 3 rings (SSSR count). The van der Waals surface area contributed by atoms with Crippen LogP contribution in [0.15, 0.2) is 46.6 Å². The third kappa shape index (κ3) is 2.45. The molecule has 23 heavy (non-hydrogen) atoms. The lowest BCUT2D eigenvalue weighted by atomic mass is 10.2. The van der Waals surface area contributed by atoms with E-state index in [4.69, 9.17) is 0 Å². The molecule has 0 aliphatic heterocycles. The second-order valence-corrected chi connectivity index (χ2v) is 9.09. The van der Waals surface area contributed by atoms with Crippen LogP contribution >= 0.6 is 0 Å². The van der Waals surface area contributed by atoms with Gasteiger partial charge in [-0.05, 0) is 25.1 Å². The van der Waals surface area contributed by atoms with E-state index in [0.29, 0.717) is 5.52 Å². The van der Waals surface area contributed by atoms with E-state index in [0.717, 1.165) is 15.8 Å². The molecule has 122 valence electrons. The smallest absolute Gasteiger partial charge is 0.269 e. The van der Waals surface area contributed by atoms with Crippen LogP contribution in [0, 0.1) is 6.92 Å². The Morgan fingerprint density at radius 3 is 2.17 bits per heavy atom.